The van der Waals surface area contributed by atoms with Crippen LogP contribution in [0.25, 0.3) is 0 Å². The summed E-state index contributed by atoms with van der Waals surface area (Å²) in [6.07, 6.45) is 5.15. The van der Waals surface area contributed by atoms with Gasteiger partial charge in [-0.05, 0) is 48.3 Å². The first-order chi connectivity index (χ1) is 14.2. The Morgan fingerprint density at radius 2 is 1.87 bits per heavy atom. The van der Waals surface area contributed by atoms with Crippen molar-refractivity contribution in [2.45, 2.75) is 51.3 Å². The second-order valence-corrected chi connectivity index (χ2v) is 10.9. The lowest BCUT2D eigenvalue weighted by molar-refractivity contribution is -0.121. The van der Waals surface area contributed by atoms with E-state index in [1.807, 2.05) is 0 Å². The number of allylic oxidation sites excluding steroid dienone is 2. The number of benzene rings is 1. The number of hydrogen-bond donors (Lipinski definition) is 2. The second-order valence-electron chi connectivity index (χ2n) is 9.01. The number of hydrazine groups is 1. The second kappa shape index (κ2) is 9.49. The highest BCUT2D eigenvalue weighted by Crippen LogP contribution is 2.35. The first-order valence-electron chi connectivity index (χ1n) is 10.6. The lowest BCUT2D eigenvalue weighted by atomic mass is 9.76. The van der Waals surface area contributed by atoms with Crippen LogP contribution in [0.5, 0.6) is 0 Å². The van der Waals surface area contributed by atoms with Crippen molar-refractivity contribution in [2.75, 3.05) is 26.3 Å². The highest BCUT2D eigenvalue weighted by atomic mass is 32.2. The van der Waals surface area contributed by atoms with Gasteiger partial charge in [-0.25, -0.2) is 8.42 Å². The van der Waals surface area contributed by atoms with E-state index in [0.717, 1.165) is 24.1 Å². The molecule has 1 aliphatic carbocycles. The number of sulfonamides is 1. The summed E-state index contributed by atoms with van der Waals surface area (Å²) in [4.78, 5) is 12.5. The molecule has 1 saturated heterocycles. The van der Waals surface area contributed by atoms with Crippen molar-refractivity contribution >= 4 is 15.9 Å². The summed E-state index contributed by atoms with van der Waals surface area (Å²) in [7, 11) is -3.49. The fourth-order valence-corrected chi connectivity index (χ4v) is 5.66. The van der Waals surface area contributed by atoms with Crippen LogP contribution in [-0.4, -0.2) is 44.9 Å². The van der Waals surface area contributed by atoms with E-state index in [0.29, 0.717) is 45.1 Å². The highest BCUT2D eigenvalue weighted by Gasteiger charge is 2.26. The molecule has 0 bridgehead atoms. The van der Waals surface area contributed by atoms with Crippen molar-refractivity contribution in [3.8, 4) is 0 Å². The van der Waals surface area contributed by atoms with Gasteiger partial charge in [-0.2, -0.15) is 4.31 Å². The molecule has 0 aromatic heterocycles. The van der Waals surface area contributed by atoms with Gasteiger partial charge in [0.05, 0.1) is 18.1 Å². The SMILES string of the molecule is C[C@H]1CC(NNC(=O)CCc2ccc(S(=O)(=O)N3CCOCC3)cc2)=CC(C)(C)C1. The zero-order chi connectivity index (χ0) is 21.8. The van der Waals surface area contributed by atoms with Crippen molar-refractivity contribution < 1.29 is 17.9 Å². The summed E-state index contributed by atoms with van der Waals surface area (Å²) in [5, 5.41) is 0. The fourth-order valence-electron chi connectivity index (χ4n) is 4.26. The Labute approximate surface area is 179 Å². The van der Waals surface area contributed by atoms with Gasteiger partial charge in [-0.1, -0.05) is 39.0 Å². The van der Waals surface area contributed by atoms with E-state index in [1.165, 1.54) is 4.31 Å². The van der Waals surface area contributed by atoms with Crippen LogP contribution in [0.1, 0.15) is 45.6 Å². The van der Waals surface area contributed by atoms with E-state index in [-0.39, 0.29) is 16.2 Å². The molecule has 166 valence electrons. The van der Waals surface area contributed by atoms with Gasteiger partial charge in [-0.3, -0.25) is 10.2 Å². The van der Waals surface area contributed by atoms with E-state index in [4.69, 9.17) is 4.74 Å². The van der Waals surface area contributed by atoms with Gasteiger partial charge in [-0.15, -0.1) is 0 Å². The molecular formula is C22H33N3O4S. The number of morpholine rings is 1. The molecule has 1 amide bonds. The van der Waals surface area contributed by atoms with E-state index in [9.17, 15) is 13.2 Å². The minimum absolute atomic E-state index is 0.0862. The third-order valence-electron chi connectivity index (χ3n) is 5.54. The Balaban J connectivity index is 1.49. The van der Waals surface area contributed by atoms with Crippen molar-refractivity contribution in [3.63, 3.8) is 0 Å². The van der Waals surface area contributed by atoms with Gasteiger partial charge in [0.15, 0.2) is 0 Å². The number of carbonyl (C=O) groups excluding carboxylic acids is 1. The summed E-state index contributed by atoms with van der Waals surface area (Å²) in [5.41, 5.74) is 7.98. The van der Waals surface area contributed by atoms with Gasteiger partial charge in [0.25, 0.3) is 0 Å². The zero-order valence-electron chi connectivity index (χ0n) is 18.1. The minimum Gasteiger partial charge on any atom is -0.379 e. The molecule has 1 fully saturated rings. The molecule has 0 unspecified atom stereocenters. The Morgan fingerprint density at radius 1 is 1.20 bits per heavy atom. The van der Waals surface area contributed by atoms with Gasteiger partial charge in [0.2, 0.25) is 15.9 Å². The molecular weight excluding hydrogens is 402 g/mol. The number of nitrogens with zero attached hydrogens (tertiary/aromatic N) is 1. The molecule has 8 heteroatoms. The Bertz CT molecular complexity index is 872. The molecule has 1 aromatic rings. The molecule has 1 aliphatic heterocycles. The first-order valence-corrected chi connectivity index (χ1v) is 12.0. The molecule has 30 heavy (non-hydrogen) atoms. The van der Waals surface area contributed by atoms with Crippen LogP contribution in [0.2, 0.25) is 0 Å². The summed E-state index contributed by atoms with van der Waals surface area (Å²) in [5.74, 6) is 0.494. The van der Waals surface area contributed by atoms with Crippen LogP contribution in [0.3, 0.4) is 0 Å². The third kappa shape index (κ3) is 6.06. The molecule has 2 N–H and O–H groups in total. The van der Waals surface area contributed by atoms with E-state index in [1.54, 1.807) is 24.3 Å². The number of nitrogens with one attached hydrogen (secondary N) is 2. The molecule has 1 atom stereocenters. The number of hydrogen-bond acceptors (Lipinski definition) is 5. The molecule has 0 spiro atoms. The predicted molar refractivity (Wildman–Crippen MR) is 116 cm³/mol. The topological polar surface area (TPSA) is 87.7 Å². The van der Waals surface area contributed by atoms with Crippen LogP contribution in [0.4, 0.5) is 0 Å². The summed E-state index contributed by atoms with van der Waals surface area (Å²) in [6, 6.07) is 6.79. The van der Waals surface area contributed by atoms with Crippen LogP contribution in [0, 0.1) is 11.3 Å². The van der Waals surface area contributed by atoms with Crippen LogP contribution in [0.15, 0.2) is 40.9 Å². The Morgan fingerprint density at radius 3 is 2.50 bits per heavy atom. The molecule has 0 radical (unpaired) electrons. The third-order valence-corrected chi connectivity index (χ3v) is 7.46. The largest absolute Gasteiger partial charge is 0.379 e. The minimum atomic E-state index is -3.49. The maximum Gasteiger partial charge on any atom is 0.243 e. The normalized spacial score (nSPS) is 22.2. The first kappa shape index (κ1) is 22.8. The highest BCUT2D eigenvalue weighted by molar-refractivity contribution is 7.89. The quantitative estimate of drug-likeness (QED) is 0.643. The van der Waals surface area contributed by atoms with Gasteiger partial charge in [0, 0.05) is 25.2 Å². The molecule has 1 heterocycles. The lowest BCUT2D eigenvalue weighted by Crippen LogP contribution is -2.40. The van der Waals surface area contributed by atoms with Gasteiger partial charge < -0.3 is 10.2 Å². The van der Waals surface area contributed by atoms with Gasteiger partial charge >= 0.3 is 0 Å². The smallest absolute Gasteiger partial charge is 0.243 e. The molecule has 1 aromatic carbocycles. The maximum absolute atomic E-state index is 12.7. The van der Waals surface area contributed by atoms with Crippen molar-refractivity contribution in [1.82, 2.24) is 15.2 Å². The van der Waals surface area contributed by atoms with E-state index >= 15 is 0 Å². The van der Waals surface area contributed by atoms with E-state index < -0.39 is 10.0 Å². The molecule has 7 nitrogen and oxygen atoms in total. The average Bonchev–Trinajstić information content (AvgIpc) is 2.70. The fraction of sp³-hybridized carbons (Fsp3) is 0.591. The average molecular weight is 436 g/mol. The molecule has 3 rings (SSSR count). The zero-order valence-corrected chi connectivity index (χ0v) is 18.9. The number of ether oxygens (including phenoxy) is 1. The monoisotopic (exact) mass is 435 g/mol. The number of aryl methyl sites for hydroxylation is 1. The van der Waals surface area contributed by atoms with Gasteiger partial charge in [0.1, 0.15) is 0 Å². The number of amides is 1. The van der Waals surface area contributed by atoms with Crippen molar-refractivity contribution in [3.05, 3.63) is 41.6 Å². The number of carbonyl (C=O) groups is 1. The Kier molecular flexibility index (Phi) is 7.21. The summed E-state index contributed by atoms with van der Waals surface area (Å²) in [6.45, 7) is 8.24. The van der Waals surface area contributed by atoms with Crippen LogP contribution >= 0.6 is 0 Å². The molecule has 0 saturated carbocycles. The van der Waals surface area contributed by atoms with Crippen molar-refractivity contribution in [2.24, 2.45) is 11.3 Å². The van der Waals surface area contributed by atoms with Crippen LogP contribution in [-0.2, 0) is 26.0 Å². The standard InChI is InChI=1S/C22H33N3O4S/c1-17-14-19(16-22(2,3)15-17)23-24-21(26)9-6-18-4-7-20(8-5-18)30(27,28)25-10-12-29-13-11-25/h4-5,7-8,16-17,23H,6,9-15H2,1-3H3,(H,24,26)/t17-/m0/s1. The maximum atomic E-state index is 12.7. The lowest BCUT2D eigenvalue weighted by Gasteiger charge is -2.32. The summed E-state index contributed by atoms with van der Waals surface area (Å²) >= 11 is 0. The van der Waals surface area contributed by atoms with Crippen molar-refractivity contribution in [1.29, 1.82) is 0 Å². The Hall–Kier alpha value is -1.90. The van der Waals surface area contributed by atoms with Crippen LogP contribution < -0.4 is 10.9 Å². The molecule has 2 aliphatic rings. The summed E-state index contributed by atoms with van der Waals surface area (Å²) < 4.78 is 32.0. The predicted octanol–water partition coefficient (Wildman–Crippen LogP) is 2.60. The van der Waals surface area contributed by atoms with E-state index in [2.05, 4.69) is 37.7 Å². The number of rotatable bonds is 7.